The fraction of sp³-hybridized carbons (Fsp3) is 0.208. The number of hydrogen-bond acceptors (Lipinski definition) is 5. The summed E-state index contributed by atoms with van der Waals surface area (Å²) in [6.45, 7) is 3.19. The zero-order chi connectivity index (χ0) is 23.4. The van der Waals surface area contributed by atoms with Crippen molar-refractivity contribution in [2.45, 2.75) is 19.9 Å². The maximum Gasteiger partial charge on any atom is 0.278 e. The lowest BCUT2D eigenvalue weighted by molar-refractivity contribution is 0.0997. The molecule has 0 spiro atoms. The predicted molar refractivity (Wildman–Crippen MR) is 119 cm³/mol. The fourth-order valence-corrected chi connectivity index (χ4v) is 3.51. The molecular formula is C24H20FN5O3. The van der Waals surface area contributed by atoms with Crippen LogP contribution in [0.25, 0.3) is 16.7 Å². The van der Waals surface area contributed by atoms with Gasteiger partial charge < -0.3 is 9.30 Å². The van der Waals surface area contributed by atoms with Gasteiger partial charge in [0.05, 0.1) is 10.9 Å². The van der Waals surface area contributed by atoms with Crippen LogP contribution in [0.1, 0.15) is 29.3 Å². The lowest BCUT2D eigenvalue weighted by Gasteiger charge is -2.13. The molecule has 4 rings (SSSR count). The van der Waals surface area contributed by atoms with Crippen LogP contribution >= 0.6 is 0 Å². The SMILES string of the molecule is CCOCCCn1c(=NC(=O)c2ccc(F)cc2)c(C#N)cc2c(=O)n3ccccc3nc21. The van der Waals surface area contributed by atoms with Crippen molar-refractivity contribution in [1.82, 2.24) is 14.0 Å². The summed E-state index contributed by atoms with van der Waals surface area (Å²) in [6, 6.07) is 13.6. The largest absolute Gasteiger partial charge is 0.382 e. The van der Waals surface area contributed by atoms with Gasteiger partial charge in [0.15, 0.2) is 5.49 Å². The normalized spacial score (nSPS) is 11.7. The smallest absolute Gasteiger partial charge is 0.278 e. The van der Waals surface area contributed by atoms with Crippen molar-refractivity contribution < 1.29 is 13.9 Å². The number of rotatable bonds is 6. The Kier molecular flexibility index (Phi) is 6.38. The highest BCUT2D eigenvalue weighted by atomic mass is 19.1. The first-order valence-electron chi connectivity index (χ1n) is 10.4. The van der Waals surface area contributed by atoms with Gasteiger partial charge in [-0.2, -0.15) is 10.3 Å². The molecule has 0 atom stereocenters. The van der Waals surface area contributed by atoms with Gasteiger partial charge in [-0.05, 0) is 55.8 Å². The number of benzene rings is 1. The molecular weight excluding hydrogens is 425 g/mol. The highest BCUT2D eigenvalue weighted by Crippen LogP contribution is 2.11. The summed E-state index contributed by atoms with van der Waals surface area (Å²) in [7, 11) is 0. The van der Waals surface area contributed by atoms with E-state index in [1.807, 2.05) is 13.0 Å². The third-order valence-corrected chi connectivity index (χ3v) is 5.08. The van der Waals surface area contributed by atoms with Gasteiger partial charge in [0.1, 0.15) is 23.2 Å². The van der Waals surface area contributed by atoms with Crippen LogP contribution in [0.4, 0.5) is 4.39 Å². The van der Waals surface area contributed by atoms with Gasteiger partial charge in [-0.25, -0.2) is 9.37 Å². The van der Waals surface area contributed by atoms with E-state index in [0.29, 0.717) is 37.5 Å². The quantitative estimate of drug-likeness (QED) is 0.336. The van der Waals surface area contributed by atoms with Crippen LogP contribution in [0.2, 0.25) is 0 Å². The molecule has 0 saturated carbocycles. The summed E-state index contributed by atoms with van der Waals surface area (Å²) >= 11 is 0. The topological polar surface area (TPSA) is 102 Å². The molecule has 0 saturated heterocycles. The number of nitrogens with zero attached hydrogens (tertiary/aromatic N) is 5. The number of fused-ring (bicyclic) bond motifs is 2. The van der Waals surface area contributed by atoms with Crippen molar-refractivity contribution in [1.29, 1.82) is 5.26 Å². The van der Waals surface area contributed by atoms with E-state index in [9.17, 15) is 19.2 Å². The third-order valence-electron chi connectivity index (χ3n) is 5.08. The molecule has 0 unspecified atom stereocenters. The Morgan fingerprint density at radius 3 is 2.76 bits per heavy atom. The number of hydrogen-bond donors (Lipinski definition) is 0. The molecule has 33 heavy (non-hydrogen) atoms. The van der Waals surface area contributed by atoms with E-state index >= 15 is 0 Å². The summed E-state index contributed by atoms with van der Waals surface area (Å²) < 4.78 is 21.7. The number of carbonyl (C=O) groups excluding carboxylic acids is 1. The number of amides is 1. The number of nitriles is 1. The summed E-state index contributed by atoms with van der Waals surface area (Å²) in [6.07, 6.45) is 2.15. The zero-order valence-corrected chi connectivity index (χ0v) is 17.9. The molecule has 3 heterocycles. The molecule has 4 aromatic rings. The van der Waals surface area contributed by atoms with Crippen LogP contribution in [0, 0.1) is 17.1 Å². The van der Waals surface area contributed by atoms with E-state index in [-0.39, 0.29) is 27.6 Å². The molecule has 0 aliphatic rings. The van der Waals surface area contributed by atoms with Crippen LogP contribution in [-0.2, 0) is 11.3 Å². The molecule has 0 bridgehead atoms. The first-order valence-corrected chi connectivity index (χ1v) is 10.4. The number of ether oxygens (including phenoxy) is 1. The van der Waals surface area contributed by atoms with Crippen LogP contribution < -0.4 is 11.0 Å². The van der Waals surface area contributed by atoms with Crippen molar-refractivity contribution in [3.8, 4) is 6.07 Å². The molecule has 0 fully saturated rings. The molecule has 3 aromatic heterocycles. The Morgan fingerprint density at radius 2 is 2.03 bits per heavy atom. The standard InChI is InChI=1S/C24H20FN5O3/c1-2-33-13-5-12-30-21(28-23(31)16-7-9-18(25)10-8-16)17(15-26)14-19-22(30)27-20-6-3-4-11-29(20)24(19)32/h3-4,6-11,14H,2,5,12-13H2,1H3. The van der Waals surface area contributed by atoms with Crippen molar-refractivity contribution in [2.75, 3.05) is 13.2 Å². The first kappa shape index (κ1) is 22.0. The average Bonchev–Trinajstić information content (AvgIpc) is 2.83. The van der Waals surface area contributed by atoms with Crippen LogP contribution in [0.5, 0.6) is 0 Å². The Bertz CT molecular complexity index is 1510. The van der Waals surface area contributed by atoms with E-state index < -0.39 is 11.7 Å². The molecule has 1 amide bonds. The van der Waals surface area contributed by atoms with Crippen LogP contribution in [-0.4, -0.2) is 33.1 Å². The molecule has 1 aromatic carbocycles. The molecule has 0 N–H and O–H groups in total. The maximum atomic E-state index is 13.3. The van der Waals surface area contributed by atoms with E-state index in [4.69, 9.17) is 4.74 Å². The van der Waals surface area contributed by atoms with Gasteiger partial charge in [0.25, 0.3) is 11.5 Å². The summed E-state index contributed by atoms with van der Waals surface area (Å²) in [4.78, 5) is 34.7. The average molecular weight is 445 g/mol. The molecule has 8 nitrogen and oxygen atoms in total. The third kappa shape index (κ3) is 4.42. The lowest BCUT2D eigenvalue weighted by Crippen LogP contribution is -2.30. The minimum Gasteiger partial charge on any atom is -0.382 e. The number of aryl methyl sites for hydroxylation is 1. The van der Waals surface area contributed by atoms with Gasteiger partial charge in [-0.3, -0.25) is 14.0 Å². The van der Waals surface area contributed by atoms with E-state index in [2.05, 4.69) is 9.98 Å². The van der Waals surface area contributed by atoms with Gasteiger partial charge in [0, 0.05) is 31.5 Å². The second kappa shape index (κ2) is 9.54. The second-order valence-electron chi connectivity index (χ2n) is 7.20. The van der Waals surface area contributed by atoms with Crippen molar-refractivity contribution in [2.24, 2.45) is 4.99 Å². The van der Waals surface area contributed by atoms with E-state index in [1.54, 1.807) is 29.0 Å². The minimum absolute atomic E-state index is 0.0594. The summed E-state index contributed by atoms with van der Waals surface area (Å²) in [5.41, 5.74) is 0.725. The van der Waals surface area contributed by atoms with E-state index in [1.165, 1.54) is 34.7 Å². The van der Waals surface area contributed by atoms with Crippen molar-refractivity contribution in [3.05, 3.63) is 87.5 Å². The van der Waals surface area contributed by atoms with Gasteiger partial charge in [0.2, 0.25) is 0 Å². The predicted octanol–water partition coefficient (Wildman–Crippen LogP) is 2.83. The van der Waals surface area contributed by atoms with Crippen molar-refractivity contribution >= 4 is 22.6 Å². The van der Waals surface area contributed by atoms with Gasteiger partial charge in [-0.1, -0.05) is 6.07 Å². The monoisotopic (exact) mass is 445 g/mol. The first-order chi connectivity index (χ1) is 16.0. The zero-order valence-electron chi connectivity index (χ0n) is 17.9. The molecule has 0 aliphatic heterocycles. The highest BCUT2D eigenvalue weighted by Gasteiger charge is 2.15. The van der Waals surface area contributed by atoms with Crippen LogP contribution in [0.15, 0.2) is 64.5 Å². The Balaban J connectivity index is 2.00. The van der Waals surface area contributed by atoms with Crippen LogP contribution in [0.3, 0.4) is 0 Å². The van der Waals surface area contributed by atoms with Gasteiger partial charge >= 0.3 is 0 Å². The highest BCUT2D eigenvalue weighted by molar-refractivity contribution is 5.95. The number of carbonyl (C=O) groups is 1. The number of halogens is 1. The Morgan fingerprint density at radius 1 is 1.24 bits per heavy atom. The molecule has 9 heteroatoms. The molecule has 0 radical (unpaired) electrons. The molecule has 0 aliphatic carbocycles. The minimum atomic E-state index is -0.637. The lowest BCUT2D eigenvalue weighted by atomic mass is 10.2. The summed E-state index contributed by atoms with van der Waals surface area (Å²) in [5.74, 6) is -1.11. The Hall–Kier alpha value is -4.16. The van der Waals surface area contributed by atoms with Crippen molar-refractivity contribution in [3.63, 3.8) is 0 Å². The van der Waals surface area contributed by atoms with E-state index in [0.717, 1.165) is 0 Å². The second-order valence-corrected chi connectivity index (χ2v) is 7.20. The number of pyridine rings is 2. The molecule has 166 valence electrons. The Labute approximate surface area is 187 Å². The number of aromatic nitrogens is 3. The maximum absolute atomic E-state index is 13.3. The fourth-order valence-electron chi connectivity index (χ4n) is 3.51. The van der Waals surface area contributed by atoms with Gasteiger partial charge in [-0.15, -0.1) is 0 Å². The summed E-state index contributed by atoms with van der Waals surface area (Å²) in [5, 5.41) is 10.0.